The standard InChI is InChI=1S/C13H11BN2O2/c17-14(18)13-15-11-8-4-7-10(12(11)16-13)9-5-2-1-3-6-9/h1-8,17-18H,(H,15,16). The third-order valence-electron chi connectivity index (χ3n) is 2.86. The molecule has 4 nitrogen and oxygen atoms in total. The van der Waals surface area contributed by atoms with E-state index in [-0.39, 0.29) is 5.72 Å². The highest BCUT2D eigenvalue weighted by Crippen LogP contribution is 2.25. The lowest BCUT2D eigenvalue weighted by molar-refractivity contribution is 0.423. The van der Waals surface area contributed by atoms with Crippen LogP contribution in [-0.4, -0.2) is 27.1 Å². The van der Waals surface area contributed by atoms with E-state index in [1.807, 2.05) is 48.5 Å². The minimum Gasteiger partial charge on any atom is -0.421 e. The SMILES string of the molecule is OB(O)c1nc2c(-c3ccccc3)cccc2[nH]1. The van der Waals surface area contributed by atoms with Gasteiger partial charge in [-0.1, -0.05) is 42.5 Å². The molecule has 0 fully saturated rings. The highest BCUT2D eigenvalue weighted by molar-refractivity contribution is 6.57. The zero-order chi connectivity index (χ0) is 12.5. The van der Waals surface area contributed by atoms with Crippen LogP contribution in [-0.2, 0) is 0 Å². The second kappa shape index (κ2) is 4.29. The van der Waals surface area contributed by atoms with Crippen molar-refractivity contribution in [3.05, 3.63) is 48.5 Å². The number of aromatic amines is 1. The maximum Gasteiger partial charge on any atom is 0.526 e. The van der Waals surface area contributed by atoms with Crippen LogP contribution in [0.15, 0.2) is 48.5 Å². The number of nitrogens with one attached hydrogen (secondary N) is 1. The molecule has 0 saturated heterocycles. The molecule has 0 spiro atoms. The number of fused-ring (bicyclic) bond motifs is 1. The molecule has 0 aliphatic carbocycles. The predicted octanol–water partition coefficient (Wildman–Crippen LogP) is 0.910. The molecule has 0 radical (unpaired) electrons. The summed E-state index contributed by atoms with van der Waals surface area (Å²) < 4.78 is 0. The maximum absolute atomic E-state index is 9.15. The quantitative estimate of drug-likeness (QED) is 0.581. The largest absolute Gasteiger partial charge is 0.526 e. The van der Waals surface area contributed by atoms with E-state index in [0.717, 1.165) is 22.2 Å². The summed E-state index contributed by atoms with van der Waals surface area (Å²) in [6.45, 7) is 0. The van der Waals surface area contributed by atoms with Gasteiger partial charge in [-0.15, -0.1) is 0 Å². The highest BCUT2D eigenvalue weighted by atomic mass is 16.4. The topological polar surface area (TPSA) is 69.1 Å². The Balaban J connectivity index is 2.24. The fraction of sp³-hybridized carbons (Fsp3) is 0. The lowest BCUT2D eigenvalue weighted by Gasteiger charge is -2.01. The molecular formula is C13H11BN2O2. The molecule has 5 heteroatoms. The van der Waals surface area contributed by atoms with Gasteiger partial charge in [0, 0.05) is 5.56 Å². The summed E-state index contributed by atoms with van der Waals surface area (Å²) in [5, 5.41) is 18.3. The van der Waals surface area contributed by atoms with Crippen LogP contribution in [0.4, 0.5) is 0 Å². The normalized spacial score (nSPS) is 10.8. The Labute approximate surface area is 104 Å². The fourth-order valence-corrected chi connectivity index (χ4v) is 2.02. The lowest BCUT2D eigenvalue weighted by Crippen LogP contribution is -2.33. The van der Waals surface area contributed by atoms with Crippen molar-refractivity contribution in [1.82, 2.24) is 9.97 Å². The van der Waals surface area contributed by atoms with Gasteiger partial charge in [-0.05, 0) is 11.6 Å². The van der Waals surface area contributed by atoms with E-state index >= 15 is 0 Å². The molecule has 18 heavy (non-hydrogen) atoms. The molecule has 0 aliphatic heterocycles. The average Bonchev–Trinajstić information content (AvgIpc) is 2.83. The van der Waals surface area contributed by atoms with Crippen LogP contribution in [0.5, 0.6) is 0 Å². The van der Waals surface area contributed by atoms with E-state index in [0.29, 0.717) is 0 Å². The van der Waals surface area contributed by atoms with Crippen LogP contribution < -0.4 is 5.72 Å². The first-order valence-electron chi connectivity index (χ1n) is 5.66. The zero-order valence-corrected chi connectivity index (χ0v) is 9.54. The van der Waals surface area contributed by atoms with Gasteiger partial charge in [0.15, 0.2) is 0 Å². The number of benzene rings is 2. The van der Waals surface area contributed by atoms with Gasteiger partial charge in [-0.2, -0.15) is 0 Å². The fourth-order valence-electron chi connectivity index (χ4n) is 2.02. The molecule has 3 N–H and O–H groups in total. The third kappa shape index (κ3) is 1.79. The van der Waals surface area contributed by atoms with Crippen molar-refractivity contribution < 1.29 is 10.0 Å². The van der Waals surface area contributed by atoms with Gasteiger partial charge in [0.25, 0.3) is 0 Å². The van der Waals surface area contributed by atoms with Gasteiger partial charge in [0.1, 0.15) is 5.72 Å². The van der Waals surface area contributed by atoms with Crippen molar-refractivity contribution in [3.8, 4) is 11.1 Å². The van der Waals surface area contributed by atoms with Crippen molar-refractivity contribution in [2.45, 2.75) is 0 Å². The van der Waals surface area contributed by atoms with E-state index in [9.17, 15) is 0 Å². The van der Waals surface area contributed by atoms with Crippen molar-refractivity contribution in [1.29, 1.82) is 0 Å². The molecule has 0 saturated carbocycles. The molecule has 2 aromatic carbocycles. The molecule has 0 amide bonds. The molecule has 0 unspecified atom stereocenters. The number of rotatable bonds is 2. The second-order valence-corrected chi connectivity index (χ2v) is 4.06. The molecule has 1 aromatic heterocycles. The number of hydrogen-bond donors (Lipinski definition) is 3. The van der Waals surface area contributed by atoms with Crippen LogP contribution in [0.2, 0.25) is 0 Å². The number of aromatic nitrogens is 2. The van der Waals surface area contributed by atoms with E-state index in [1.165, 1.54) is 0 Å². The Morgan fingerprint density at radius 2 is 1.72 bits per heavy atom. The Hall–Kier alpha value is -2.11. The Kier molecular flexibility index (Phi) is 2.62. The number of para-hydroxylation sites is 1. The van der Waals surface area contributed by atoms with Crippen molar-refractivity contribution in [2.75, 3.05) is 0 Å². The van der Waals surface area contributed by atoms with Gasteiger partial charge in [0.05, 0.1) is 11.0 Å². The minimum absolute atomic E-state index is 0.161. The van der Waals surface area contributed by atoms with Crippen LogP contribution in [0.25, 0.3) is 22.2 Å². The summed E-state index contributed by atoms with van der Waals surface area (Å²) in [4.78, 5) is 7.13. The maximum atomic E-state index is 9.15. The number of hydrogen-bond acceptors (Lipinski definition) is 3. The van der Waals surface area contributed by atoms with Crippen LogP contribution in [0.1, 0.15) is 0 Å². The molecule has 3 rings (SSSR count). The predicted molar refractivity (Wildman–Crippen MR) is 71.4 cm³/mol. The van der Waals surface area contributed by atoms with Crippen molar-refractivity contribution >= 4 is 23.9 Å². The first kappa shape index (κ1) is 11.0. The van der Waals surface area contributed by atoms with Crippen molar-refractivity contribution in [3.63, 3.8) is 0 Å². The summed E-state index contributed by atoms with van der Waals surface area (Å²) in [5.74, 6) is 0. The van der Waals surface area contributed by atoms with Gasteiger partial charge < -0.3 is 15.0 Å². The lowest BCUT2D eigenvalue weighted by atomic mass is 9.91. The first-order chi connectivity index (χ1) is 8.75. The van der Waals surface area contributed by atoms with Crippen LogP contribution in [0.3, 0.4) is 0 Å². The first-order valence-corrected chi connectivity index (χ1v) is 5.66. The Morgan fingerprint density at radius 1 is 0.944 bits per heavy atom. The number of H-pyrrole nitrogens is 1. The van der Waals surface area contributed by atoms with Gasteiger partial charge in [0.2, 0.25) is 0 Å². The summed E-state index contributed by atoms with van der Waals surface area (Å²) in [6, 6.07) is 15.6. The molecule has 1 heterocycles. The Morgan fingerprint density at radius 3 is 2.44 bits per heavy atom. The van der Waals surface area contributed by atoms with E-state index in [4.69, 9.17) is 10.0 Å². The second-order valence-electron chi connectivity index (χ2n) is 4.06. The van der Waals surface area contributed by atoms with Crippen molar-refractivity contribution in [2.24, 2.45) is 0 Å². The molecule has 3 aromatic rings. The van der Waals surface area contributed by atoms with Crippen LogP contribution in [0, 0.1) is 0 Å². The molecule has 0 bridgehead atoms. The van der Waals surface area contributed by atoms with Gasteiger partial charge in [-0.25, -0.2) is 4.98 Å². The Bertz CT molecular complexity index is 680. The van der Waals surface area contributed by atoms with Crippen LogP contribution >= 0.6 is 0 Å². The summed E-state index contributed by atoms with van der Waals surface area (Å²) in [7, 11) is -1.58. The molecular weight excluding hydrogens is 227 g/mol. The summed E-state index contributed by atoms with van der Waals surface area (Å²) in [6.07, 6.45) is 0. The average molecular weight is 238 g/mol. The number of imidazole rings is 1. The van der Waals surface area contributed by atoms with E-state index in [2.05, 4.69) is 9.97 Å². The zero-order valence-electron chi connectivity index (χ0n) is 9.54. The molecule has 0 atom stereocenters. The summed E-state index contributed by atoms with van der Waals surface area (Å²) in [5.41, 5.74) is 3.71. The van der Waals surface area contributed by atoms with E-state index in [1.54, 1.807) is 0 Å². The monoisotopic (exact) mass is 238 g/mol. The third-order valence-corrected chi connectivity index (χ3v) is 2.86. The smallest absolute Gasteiger partial charge is 0.421 e. The molecule has 88 valence electrons. The van der Waals surface area contributed by atoms with Gasteiger partial charge in [-0.3, -0.25) is 0 Å². The van der Waals surface area contributed by atoms with Gasteiger partial charge >= 0.3 is 7.12 Å². The molecule has 0 aliphatic rings. The number of nitrogens with zero attached hydrogens (tertiary/aromatic N) is 1. The highest BCUT2D eigenvalue weighted by Gasteiger charge is 2.17. The van der Waals surface area contributed by atoms with E-state index < -0.39 is 7.12 Å². The summed E-state index contributed by atoms with van der Waals surface area (Å²) >= 11 is 0. The minimum atomic E-state index is -1.58.